The van der Waals surface area contributed by atoms with Gasteiger partial charge in [0.05, 0.1) is 18.6 Å². The van der Waals surface area contributed by atoms with Gasteiger partial charge in [0.1, 0.15) is 18.8 Å². The van der Waals surface area contributed by atoms with Crippen molar-refractivity contribution < 1.29 is 34.2 Å². The average Bonchev–Trinajstić information content (AvgIpc) is 3.06. The molecule has 0 radical (unpaired) electrons. The number of hydrogen-bond acceptors (Lipinski definition) is 8. The van der Waals surface area contributed by atoms with Crippen molar-refractivity contribution in [3.8, 4) is 0 Å². The summed E-state index contributed by atoms with van der Waals surface area (Å²) < 4.78 is 4.84. The minimum atomic E-state index is -1.55. The van der Waals surface area contributed by atoms with E-state index in [0.29, 0.717) is 5.69 Å². The first-order valence-corrected chi connectivity index (χ1v) is 7.87. The van der Waals surface area contributed by atoms with E-state index < -0.39 is 28.4 Å². The highest BCUT2D eigenvalue weighted by Crippen LogP contribution is 2.12. The molecule has 0 aliphatic heterocycles. The van der Waals surface area contributed by atoms with E-state index in [9.17, 15) is 29.6 Å². The molecule has 0 fully saturated rings. The molecule has 1 aromatic rings. The molecule has 1 rings (SSSR count). The Morgan fingerprint density at radius 2 is 2.11 bits per heavy atom. The van der Waals surface area contributed by atoms with Crippen LogP contribution in [-0.4, -0.2) is 69.8 Å². The Bertz CT molecular complexity index is 650. The number of carboxylic acid groups (broad SMARTS) is 1. The number of ether oxygens (including phenoxy) is 1. The summed E-state index contributed by atoms with van der Waals surface area (Å²) in [7, 11) is 0. The minimum absolute atomic E-state index is 0.00993. The van der Waals surface area contributed by atoms with E-state index in [1.807, 2.05) is 0 Å². The Balaban J connectivity index is 2.29. The van der Waals surface area contributed by atoms with E-state index in [4.69, 9.17) is 4.74 Å². The molecule has 0 saturated heterocycles. The van der Waals surface area contributed by atoms with Gasteiger partial charge in [0, 0.05) is 25.6 Å². The zero-order valence-corrected chi connectivity index (χ0v) is 14.6. The molecule has 0 saturated carbocycles. The van der Waals surface area contributed by atoms with Crippen molar-refractivity contribution in [1.82, 2.24) is 20.6 Å². The highest BCUT2D eigenvalue weighted by Gasteiger charge is 2.35. The average molecular weight is 387 g/mol. The first-order valence-electron chi connectivity index (χ1n) is 7.87. The molecule has 2 amide bonds. The zero-order chi connectivity index (χ0) is 20.3. The van der Waals surface area contributed by atoms with Gasteiger partial charge in [-0.25, -0.2) is 9.78 Å². The van der Waals surface area contributed by atoms with Gasteiger partial charge in [-0.3, -0.25) is 9.59 Å². The van der Waals surface area contributed by atoms with Gasteiger partial charge in [0.2, 0.25) is 11.8 Å². The van der Waals surface area contributed by atoms with E-state index in [2.05, 4.69) is 25.4 Å². The summed E-state index contributed by atoms with van der Waals surface area (Å²) in [5, 5.41) is 23.1. The number of aromatic nitrogens is 2. The molecule has 0 spiro atoms. The molecule has 0 aromatic carbocycles. The number of nitrogens with one attached hydrogen (secondary N) is 3. The van der Waals surface area contributed by atoms with Gasteiger partial charge in [-0.05, 0) is 6.92 Å². The Morgan fingerprint density at radius 1 is 1.37 bits per heavy atom. The summed E-state index contributed by atoms with van der Waals surface area (Å²) in [5.41, 5.74) is -1.07. The SMILES string of the molecule is C[C@@](Cc1c[nH]cn1)(NC(=O)CCNC(=O)COCCO[N+](=O)[O-])C(=O)O. The number of aromatic amines is 1. The van der Waals surface area contributed by atoms with E-state index in [0.717, 1.165) is 0 Å². The van der Waals surface area contributed by atoms with Gasteiger partial charge in [-0.2, -0.15) is 0 Å². The summed E-state index contributed by atoms with van der Waals surface area (Å²) in [6.07, 6.45) is 2.79. The van der Waals surface area contributed by atoms with Gasteiger partial charge >= 0.3 is 5.97 Å². The molecule has 1 aromatic heterocycles. The summed E-state index contributed by atoms with van der Waals surface area (Å²) in [6.45, 7) is 0.541. The molecule has 1 atom stereocenters. The highest BCUT2D eigenvalue weighted by atomic mass is 17.0. The maximum absolute atomic E-state index is 12.0. The third-order valence-corrected chi connectivity index (χ3v) is 3.31. The first kappa shape index (κ1) is 21.8. The second kappa shape index (κ2) is 10.7. The number of carbonyl (C=O) groups is 3. The lowest BCUT2D eigenvalue weighted by molar-refractivity contribution is -0.758. The normalized spacial score (nSPS) is 12.6. The Kier molecular flexibility index (Phi) is 8.65. The molecule has 13 nitrogen and oxygen atoms in total. The fraction of sp³-hybridized carbons (Fsp3) is 0.571. The summed E-state index contributed by atoms with van der Waals surface area (Å²) >= 11 is 0. The minimum Gasteiger partial charge on any atom is -0.480 e. The van der Waals surface area contributed by atoms with Gasteiger partial charge < -0.3 is 30.3 Å². The van der Waals surface area contributed by atoms with Crippen LogP contribution in [0.15, 0.2) is 12.5 Å². The molecular weight excluding hydrogens is 366 g/mol. The van der Waals surface area contributed by atoms with Crippen LogP contribution in [-0.2, 0) is 30.4 Å². The van der Waals surface area contributed by atoms with Crippen LogP contribution in [0.25, 0.3) is 0 Å². The maximum atomic E-state index is 12.0. The fourth-order valence-electron chi connectivity index (χ4n) is 2.00. The molecule has 27 heavy (non-hydrogen) atoms. The van der Waals surface area contributed by atoms with Gasteiger partial charge in [0.15, 0.2) is 0 Å². The number of H-pyrrole nitrogens is 1. The number of amides is 2. The molecule has 0 aliphatic carbocycles. The van der Waals surface area contributed by atoms with Crippen molar-refractivity contribution in [1.29, 1.82) is 0 Å². The quantitative estimate of drug-likeness (QED) is 0.180. The third kappa shape index (κ3) is 8.62. The van der Waals surface area contributed by atoms with Gasteiger partial charge in [0.25, 0.3) is 5.09 Å². The summed E-state index contributed by atoms with van der Waals surface area (Å²) in [6, 6.07) is 0. The number of nitrogens with zero attached hydrogens (tertiary/aromatic N) is 2. The van der Waals surface area contributed by atoms with Crippen LogP contribution >= 0.6 is 0 Å². The van der Waals surface area contributed by atoms with Crippen LogP contribution in [0.5, 0.6) is 0 Å². The van der Waals surface area contributed by atoms with Crippen LogP contribution in [0.4, 0.5) is 0 Å². The Hall–Kier alpha value is -3.22. The monoisotopic (exact) mass is 387 g/mol. The van der Waals surface area contributed by atoms with Crippen molar-refractivity contribution in [3.05, 3.63) is 28.3 Å². The van der Waals surface area contributed by atoms with Crippen molar-refractivity contribution in [2.24, 2.45) is 0 Å². The molecule has 1 heterocycles. The van der Waals surface area contributed by atoms with Crippen molar-refractivity contribution in [2.75, 3.05) is 26.4 Å². The van der Waals surface area contributed by atoms with Crippen LogP contribution in [0.2, 0.25) is 0 Å². The first-order chi connectivity index (χ1) is 12.7. The third-order valence-electron chi connectivity index (χ3n) is 3.31. The summed E-state index contributed by atoms with van der Waals surface area (Å²) in [4.78, 5) is 55.5. The molecular formula is C14H21N5O8. The van der Waals surface area contributed by atoms with Crippen LogP contribution in [0.1, 0.15) is 19.0 Å². The number of aliphatic carboxylic acids is 1. The zero-order valence-electron chi connectivity index (χ0n) is 14.6. The smallest absolute Gasteiger partial charge is 0.329 e. The lowest BCUT2D eigenvalue weighted by atomic mass is 9.96. The number of carbonyl (C=O) groups excluding carboxylic acids is 2. The van der Waals surface area contributed by atoms with Crippen molar-refractivity contribution in [2.45, 2.75) is 25.3 Å². The summed E-state index contributed by atoms with van der Waals surface area (Å²) in [5.74, 6) is -2.30. The van der Waals surface area contributed by atoms with E-state index in [1.54, 1.807) is 0 Å². The maximum Gasteiger partial charge on any atom is 0.329 e. The molecule has 150 valence electrons. The predicted molar refractivity (Wildman–Crippen MR) is 87.9 cm³/mol. The van der Waals surface area contributed by atoms with Crippen LogP contribution in [0, 0.1) is 10.1 Å². The van der Waals surface area contributed by atoms with Gasteiger partial charge in [-0.15, -0.1) is 10.1 Å². The van der Waals surface area contributed by atoms with E-state index in [1.165, 1.54) is 19.4 Å². The van der Waals surface area contributed by atoms with Crippen molar-refractivity contribution in [3.63, 3.8) is 0 Å². The largest absolute Gasteiger partial charge is 0.480 e. The predicted octanol–water partition coefficient (Wildman–Crippen LogP) is -1.36. The number of imidazole rings is 1. The Morgan fingerprint density at radius 3 is 2.70 bits per heavy atom. The number of rotatable bonds is 13. The molecule has 0 bridgehead atoms. The second-order valence-corrected chi connectivity index (χ2v) is 5.63. The van der Waals surface area contributed by atoms with Crippen LogP contribution in [0.3, 0.4) is 0 Å². The van der Waals surface area contributed by atoms with Crippen molar-refractivity contribution >= 4 is 17.8 Å². The van der Waals surface area contributed by atoms with E-state index in [-0.39, 0.29) is 39.2 Å². The number of hydrogen-bond donors (Lipinski definition) is 4. The lowest BCUT2D eigenvalue weighted by Crippen LogP contribution is -2.54. The van der Waals surface area contributed by atoms with E-state index >= 15 is 0 Å². The fourth-order valence-corrected chi connectivity index (χ4v) is 2.00. The van der Waals surface area contributed by atoms with Gasteiger partial charge in [-0.1, -0.05) is 0 Å². The lowest BCUT2D eigenvalue weighted by Gasteiger charge is -2.25. The molecule has 0 unspecified atom stereocenters. The molecule has 13 heteroatoms. The van der Waals surface area contributed by atoms with Crippen LogP contribution < -0.4 is 10.6 Å². The molecule has 4 N–H and O–H groups in total. The topological polar surface area (TPSA) is 186 Å². The standard InChI is InChI=1S/C14H21N5O8/c1-14(13(22)23,6-10-7-15-9-17-10)18-11(20)2-3-16-12(21)8-26-4-5-27-19(24)25/h7,9H,2-6,8H2,1H3,(H,15,17)(H,16,21)(H,18,20)(H,22,23)/t14-/m0/s1. The molecule has 0 aliphatic rings. The second-order valence-electron chi connectivity index (χ2n) is 5.63. The number of carboxylic acids is 1. The Labute approximate surface area is 153 Å². The highest BCUT2D eigenvalue weighted by molar-refractivity contribution is 5.87.